The van der Waals surface area contributed by atoms with Gasteiger partial charge in [0.25, 0.3) is 0 Å². The Morgan fingerprint density at radius 1 is 1.12 bits per heavy atom. The fourth-order valence-electron chi connectivity index (χ4n) is 1.48. The molecule has 0 saturated carbocycles. The van der Waals surface area contributed by atoms with Gasteiger partial charge in [0.05, 0.1) is 10.6 Å². The second-order valence-corrected chi connectivity index (χ2v) is 7.16. The van der Waals surface area contributed by atoms with E-state index in [1.165, 1.54) is 0 Å². The average molecular weight is 252 g/mol. The Bertz CT molecular complexity index is 488. The summed E-state index contributed by atoms with van der Waals surface area (Å²) in [5.74, 6) is 0.0678. The zero-order valence-electron chi connectivity index (χ0n) is 10.9. The molecule has 0 radical (unpaired) electrons. The molecule has 0 spiro atoms. The first-order valence-electron chi connectivity index (χ1n) is 5.72. The molecule has 0 aromatic heterocycles. The van der Waals surface area contributed by atoms with E-state index in [9.17, 15) is 8.42 Å². The third-order valence-electron chi connectivity index (χ3n) is 2.63. The Morgan fingerprint density at radius 2 is 1.65 bits per heavy atom. The molecule has 0 fully saturated rings. The Morgan fingerprint density at radius 3 is 2.06 bits per heavy atom. The van der Waals surface area contributed by atoms with Crippen LogP contribution in [0.4, 0.5) is 0 Å². The molecule has 0 saturated heterocycles. The van der Waals surface area contributed by atoms with Crippen molar-refractivity contribution >= 4 is 9.84 Å². The van der Waals surface area contributed by atoms with Crippen LogP contribution in [0.1, 0.15) is 33.3 Å². The molecule has 3 heteroatoms. The Hall–Kier alpha value is -1.09. The quantitative estimate of drug-likeness (QED) is 0.773. The van der Waals surface area contributed by atoms with E-state index in [0.717, 1.165) is 5.56 Å². The van der Waals surface area contributed by atoms with E-state index in [0.29, 0.717) is 4.90 Å². The minimum atomic E-state index is -3.17. The smallest absolute Gasteiger partial charge is 0.181 e. The molecule has 0 bridgehead atoms. The Kier molecular flexibility index (Phi) is 4.15. The summed E-state index contributed by atoms with van der Waals surface area (Å²) in [6, 6.07) is 7.17. The van der Waals surface area contributed by atoms with E-state index in [4.69, 9.17) is 0 Å². The molecule has 0 N–H and O–H groups in total. The van der Waals surface area contributed by atoms with Gasteiger partial charge in [0.2, 0.25) is 0 Å². The maximum atomic E-state index is 11.9. The lowest BCUT2D eigenvalue weighted by molar-refractivity contribution is 0.587. The van der Waals surface area contributed by atoms with Crippen LogP contribution >= 0.6 is 0 Å². The SMILES string of the molecule is CC=CCS(=O)(=O)c1ccc(C(C)(C)C)cc1. The predicted octanol–water partition coefficient (Wildman–Crippen LogP) is 3.33. The van der Waals surface area contributed by atoms with Crippen molar-refractivity contribution in [1.82, 2.24) is 0 Å². The summed E-state index contributed by atoms with van der Waals surface area (Å²) in [4.78, 5) is 0.392. The molecule has 0 aliphatic rings. The van der Waals surface area contributed by atoms with Gasteiger partial charge in [-0.05, 0) is 30.0 Å². The van der Waals surface area contributed by atoms with Gasteiger partial charge in [-0.3, -0.25) is 0 Å². The fourth-order valence-corrected chi connectivity index (χ4v) is 2.67. The van der Waals surface area contributed by atoms with Crippen LogP contribution in [0.15, 0.2) is 41.3 Å². The van der Waals surface area contributed by atoms with Crippen molar-refractivity contribution in [2.24, 2.45) is 0 Å². The molecule has 1 aromatic carbocycles. The van der Waals surface area contributed by atoms with Crippen molar-refractivity contribution in [2.75, 3.05) is 5.75 Å². The van der Waals surface area contributed by atoms with Crippen molar-refractivity contribution < 1.29 is 8.42 Å². The van der Waals surface area contributed by atoms with Crippen molar-refractivity contribution in [2.45, 2.75) is 38.0 Å². The summed E-state index contributed by atoms with van der Waals surface area (Å²) in [6.07, 6.45) is 3.41. The molecule has 0 heterocycles. The molecular formula is C14H20O2S. The molecule has 17 heavy (non-hydrogen) atoms. The Balaban J connectivity index is 3.03. The van der Waals surface area contributed by atoms with Crippen LogP contribution < -0.4 is 0 Å². The summed E-state index contributed by atoms with van der Waals surface area (Å²) >= 11 is 0. The first kappa shape index (κ1) is 14.0. The molecule has 0 aliphatic heterocycles. The lowest BCUT2D eigenvalue weighted by atomic mass is 9.87. The van der Waals surface area contributed by atoms with Crippen molar-refractivity contribution in [3.63, 3.8) is 0 Å². The van der Waals surface area contributed by atoms with E-state index in [1.807, 2.05) is 19.1 Å². The van der Waals surface area contributed by atoms with Crippen LogP contribution in [0.25, 0.3) is 0 Å². The average Bonchev–Trinajstić information content (AvgIpc) is 2.25. The van der Waals surface area contributed by atoms with Gasteiger partial charge in [-0.25, -0.2) is 8.42 Å². The third-order valence-corrected chi connectivity index (χ3v) is 4.25. The zero-order chi connectivity index (χ0) is 13.1. The molecule has 94 valence electrons. The lowest BCUT2D eigenvalue weighted by Gasteiger charge is -2.19. The minimum absolute atomic E-state index is 0.0472. The number of sulfone groups is 1. The maximum Gasteiger partial charge on any atom is 0.181 e. The van der Waals surface area contributed by atoms with E-state index in [1.54, 1.807) is 24.3 Å². The van der Waals surface area contributed by atoms with Gasteiger partial charge < -0.3 is 0 Å². The number of benzene rings is 1. The lowest BCUT2D eigenvalue weighted by Crippen LogP contribution is -2.11. The second kappa shape index (κ2) is 5.05. The normalized spacial score (nSPS) is 13.2. The maximum absolute atomic E-state index is 11.9. The van der Waals surface area contributed by atoms with E-state index >= 15 is 0 Å². The summed E-state index contributed by atoms with van der Waals surface area (Å²) in [5, 5.41) is 0. The van der Waals surface area contributed by atoms with E-state index in [-0.39, 0.29) is 11.2 Å². The number of allylic oxidation sites excluding steroid dienone is 1. The van der Waals surface area contributed by atoms with Crippen LogP contribution in [0, 0.1) is 0 Å². The highest BCUT2D eigenvalue weighted by molar-refractivity contribution is 7.91. The van der Waals surface area contributed by atoms with Crippen molar-refractivity contribution in [3.8, 4) is 0 Å². The molecule has 1 rings (SSSR count). The van der Waals surface area contributed by atoms with Gasteiger partial charge in [0.1, 0.15) is 0 Å². The monoisotopic (exact) mass is 252 g/mol. The van der Waals surface area contributed by atoms with Crippen LogP contribution in [-0.4, -0.2) is 14.2 Å². The molecule has 0 aliphatic carbocycles. The summed E-state index contributed by atoms with van der Waals surface area (Å²) in [5.41, 5.74) is 1.19. The van der Waals surface area contributed by atoms with E-state index < -0.39 is 9.84 Å². The first-order chi connectivity index (χ1) is 7.77. The summed E-state index contributed by atoms with van der Waals surface area (Å²) in [6.45, 7) is 8.14. The molecule has 0 unspecified atom stereocenters. The van der Waals surface area contributed by atoms with E-state index in [2.05, 4.69) is 20.8 Å². The van der Waals surface area contributed by atoms with Crippen LogP contribution in [0.3, 0.4) is 0 Å². The van der Waals surface area contributed by atoms with Crippen molar-refractivity contribution in [1.29, 1.82) is 0 Å². The fraction of sp³-hybridized carbons (Fsp3) is 0.429. The molecule has 1 aromatic rings. The molecule has 0 amide bonds. The largest absolute Gasteiger partial charge is 0.223 e. The van der Waals surface area contributed by atoms with Gasteiger partial charge in [0.15, 0.2) is 9.84 Å². The van der Waals surface area contributed by atoms with Gasteiger partial charge in [-0.15, -0.1) is 0 Å². The molecular weight excluding hydrogens is 232 g/mol. The van der Waals surface area contributed by atoms with Crippen LogP contribution in [-0.2, 0) is 15.3 Å². The Labute approximate surface area is 104 Å². The highest BCUT2D eigenvalue weighted by Crippen LogP contribution is 2.23. The minimum Gasteiger partial charge on any atom is -0.223 e. The van der Waals surface area contributed by atoms with Crippen LogP contribution in [0.2, 0.25) is 0 Å². The first-order valence-corrected chi connectivity index (χ1v) is 7.37. The van der Waals surface area contributed by atoms with Gasteiger partial charge in [0, 0.05) is 0 Å². The summed E-state index contributed by atoms with van der Waals surface area (Å²) < 4.78 is 23.8. The number of hydrogen-bond acceptors (Lipinski definition) is 2. The number of hydrogen-bond donors (Lipinski definition) is 0. The highest BCUT2D eigenvalue weighted by Gasteiger charge is 2.16. The molecule has 0 atom stereocenters. The molecule has 2 nitrogen and oxygen atoms in total. The predicted molar refractivity (Wildman–Crippen MR) is 72.0 cm³/mol. The number of rotatable bonds is 3. The topological polar surface area (TPSA) is 34.1 Å². The zero-order valence-corrected chi connectivity index (χ0v) is 11.7. The second-order valence-electron chi connectivity index (χ2n) is 5.12. The van der Waals surface area contributed by atoms with Crippen molar-refractivity contribution in [3.05, 3.63) is 42.0 Å². The highest BCUT2D eigenvalue weighted by atomic mass is 32.2. The van der Waals surface area contributed by atoms with Crippen LogP contribution in [0.5, 0.6) is 0 Å². The standard InChI is InChI=1S/C14H20O2S/c1-5-6-11-17(15,16)13-9-7-12(8-10-13)14(2,3)4/h5-10H,11H2,1-4H3. The van der Waals surface area contributed by atoms with Gasteiger partial charge in [-0.2, -0.15) is 0 Å². The van der Waals surface area contributed by atoms with Gasteiger partial charge >= 0.3 is 0 Å². The summed E-state index contributed by atoms with van der Waals surface area (Å²) in [7, 11) is -3.17. The van der Waals surface area contributed by atoms with Gasteiger partial charge in [-0.1, -0.05) is 45.1 Å². The third kappa shape index (κ3) is 3.70.